The molecular formula is C19H23N3O3. The van der Waals surface area contributed by atoms with Gasteiger partial charge in [0.15, 0.2) is 0 Å². The number of hydrogen-bond acceptors (Lipinski definition) is 4. The lowest BCUT2D eigenvalue weighted by Gasteiger charge is -2.10. The molecule has 0 radical (unpaired) electrons. The smallest absolute Gasteiger partial charge is 0.251 e. The van der Waals surface area contributed by atoms with Crippen LogP contribution in [0.25, 0.3) is 0 Å². The highest BCUT2D eigenvalue weighted by molar-refractivity contribution is 5.95. The summed E-state index contributed by atoms with van der Waals surface area (Å²) in [6.45, 7) is 3.95. The van der Waals surface area contributed by atoms with Gasteiger partial charge in [0, 0.05) is 23.0 Å². The van der Waals surface area contributed by atoms with Crippen molar-refractivity contribution in [3.05, 3.63) is 54.1 Å². The molecule has 6 nitrogen and oxygen atoms in total. The summed E-state index contributed by atoms with van der Waals surface area (Å²) < 4.78 is 5.07. The number of rotatable bonds is 7. The molecule has 2 rings (SSSR count). The van der Waals surface area contributed by atoms with Crippen LogP contribution in [0.3, 0.4) is 0 Å². The van der Waals surface area contributed by atoms with Gasteiger partial charge in [0.2, 0.25) is 5.91 Å². The van der Waals surface area contributed by atoms with Gasteiger partial charge in [-0.3, -0.25) is 9.59 Å². The molecule has 0 fully saturated rings. The minimum absolute atomic E-state index is 0.0898. The van der Waals surface area contributed by atoms with E-state index in [4.69, 9.17) is 4.74 Å². The second kappa shape index (κ2) is 8.73. The molecule has 25 heavy (non-hydrogen) atoms. The average molecular weight is 341 g/mol. The molecule has 0 atom stereocenters. The van der Waals surface area contributed by atoms with Crippen molar-refractivity contribution in [3.63, 3.8) is 0 Å². The first-order valence-corrected chi connectivity index (χ1v) is 8.06. The fourth-order valence-electron chi connectivity index (χ4n) is 2.15. The molecule has 0 saturated carbocycles. The quantitative estimate of drug-likeness (QED) is 0.723. The SMILES string of the molecule is COc1ccc(NC(=O)CNc2ccc(C(=O)NC(C)C)cc2)cc1. The van der Waals surface area contributed by atoms with Gasteiger partial charge in [0.1, 0.15) is 5.75 Å². The molecule has 0 spiro atoms. The number of benzene rings is 2. The number of ether oxygens (including phenoxy) is 1. The van der Waals surface area contributed by atoms with Crippen molar-refractivity contribution >= 4 is 23.2 Å². The Labute approximate surface area is 147 Å². The molecule has 0 aliphatic heterocycles. The van der Waals surface area contributed by atoms with Crippen LogP contribution in [-0.4, -0.2) is 31.5 Å². The zero-order valence-corrected chi connectivity index (χ0v) is 14.6. The van der Waals surface area contributed by atoms with Gasteiger partial charge in [-0.1, -0.05) is 0 Å². The van der Waals surface area contributed by atoms with Crippen LogP contribution in [0.2, 0.25) is 0 Å². The van der Waals surface area contributed by atoms with Gasteiger partial charge in [-0.25, -0.2) is 0 Å². The zero-order valence-electron chi connectivity index (χ0n) is 14.6. The first-order valence-electron chi connectivity index (χ1n) is 8.06. The molecule has 0 bridgehead atoms. The third-order valence-electron chi connectivity index (χ3n) is 3.39. The van der Waals surface area contributed by atoms with E-state index in [-0.39, 0.29) is 24.4 Å². The lowest BCUT2D eigenvalue weighted by atomic mass is 10.2. The molecule has 2 aromatic carbocycles. The van der Waals surface area contributed by atoms with Crippen LogP contribution in [0.4, 0.5) is 11.4 Å². The van der Waals surface area contributed by atoms with E-state index in [0.29, 0.717) is 11.3 Å². The summed E-state index contributed by atoms with van der Waals surface area (Å²) in [5.41, 5.74) is 2.06. The summed E-state index contributed by atoms with van der Waals surface area (Å²) in [6.07, 6.45) is 0. The molecule has 0 heterocycles. The number of hydrogen-bond donors (Lipinski definition) is 3. The number of carbonyl (C=O) groups is 2. The van der Waals surface area contributed by atoms with E-state index in [0.717, 1.165) is 11.4 Å². The predicted molar refractivity (Wildman–Crippen MR) is 99.2 cm³/mol. The highest BCUT2D eigenvalue weighted by atomic mass is 16.5. The monoisotopic (exact) mass is 341 g/mol. The summed E-state index contributed by atoms with van der Waals surface area (Å²) in [5.74, 6) is 0.461. The van der Waals surface area contributed by atoms with Crippen LogP contribution in [-0.2, 0) is 4.79 Å². The number of amides is 2. The summed E-state index contributed by atoms with van der Waals surface area (Å²) >= 11 is 0. The van der Waals surface area contributed by atoms with E-state index >= 15 is 0 Å². The van der Waals surface area contributed by atoms with E-state index in [9.17, 15) is 9.59 Å². The first kappa shape index (κ1) is 18.3. The van der Waals surface area contributed by atoms with Crippen molar-refractivity contribution in [2.24, 2.45) is 0 Å². The van der Waals surface area contributed by atoms with Gasteiger partial charge in [-0.05, 0) is 62.4 Å². The average Bonchev–Trinajstić information content (AvgIpc) is 2.60. The molecule has 3 N–H and O–H groups in total. The number of anilines is 2. The minimum atomic E-state index is -0.160. The molecule has 6 heteroatoms. The van der Waals surface area contributed by atoms with Crippen LogP contribution in [0.1, 0.15) is 24.2 Å². The number of carbonyl (C=O) groups excluding carboxylic acids is 2. The van der Waals surface area contributed by atoms with Gasteiger partial charge >= 0.3 is 0 Å². The molecule has 0 aliphatic rings. The predicted octanol–water partition coefficient (Wildman–Crippen LogP) is 2.88. The molecular weight excluding hydrogens is 318 g/mol. The summed E-state index contributed by atoms with van der Waals surface area (Å²) in [5, 5.41) is 8.65. The maximum Gasteiger partial charge on any atom is 0.251 e. The highest BCUT2D eigenvalue weighted by Gasteiger charge is 2.07. The van der Waals surface area contributed by atoms with Crippen molar-refractivity contribution in [2.75, 3.05) is 24.3 Å². The fourth-order valence-corrected chi connectivity index (χ4v) is 2.15. The van der Waals surface area contributed by atoms with Crippen LogP contribution in [0, 0.1) is 0 Å². The largest absolute Gasteiger partial charge is 0.497 e. The molecule has 132 valence electrons. The Morgan fingerprint density at radius 1 is 0.960 bits per heavy atom. The van der Waals surface area contributed by atoms with E-state index in [1.807, 2.05) is 13.8 Å². The zero-order chi connectivity index (χ0) is 18.2. The molecule has 0 saturated heterocycles. The van der Waals surface area contributed by atoms with Gasteiger partial charge in [0.05, 0.1) is 13.7 Å². The van der Waals surface area contributed by atoms with E-state index in [1.165, 1.54) is 0 Å². The maximum absolute atomic E-state index is 12.0. The summed E-state index contributed by atoms with van der Waals surface area (Å²) in [4.78, 5) is 23.8. The second-order valence-corrected chi connectivity index (χ2v) is 5.84. The Kier molecular flexibility index (Phi) is 6.39. The topological polar surface area (TPSA) is 79.5 Å². The Morgan fingerprint density at radius 2 is 1.56 bits per heavy atom. The van der Waals surface area contributed by atoms with E-state index in [2.05, 4.69) is 16.0 Å². The number of methoxy groups -OCH3 is 1. The Hall–Kier alpha value is -3.02. The Morgan fingerprint density at radius 3 is 2.12 bits per heavy atom. The lowest BCUT2D eigenvalue weighted by Crippen LogP contribution is -2.30. The van der Waals surface area contributed by atoms with Crippen LogP contribution >= 0.6 is 0 Å². The van der Waals surface area contributed by atoms with Crippen LogP contribution < -0.4 is 20.7 Å². The van der Waals surface area contributed by atoms with Gasteiger partial charge < -0.3 is 20.7 Å². The van der Waals surface area contributed by atoms with Gasteiger partial charge in [0.25, 0.3) is 5.91 Å². The number of nitrogens with one attached hydrogen (secondary N) is 3. The van der Waals surface area contributed by atoms with Crippen molar-refractivity contribution in [2.45, 2.75) is 19.9 Å². The highest BCUT2D eigenvalue weighted by Crippen LogP contribution is 2.15. The van der Waals surface area contributed by atoms with Crippen molar-refractivity contribution < 1.29 is 14.3 Å². The van der Waals surface area contributed by atoms with E-state index < -0.39 is 0 Å². The standard InChI is InChI=1S/C19H23N3O3/c1-13(2)21-19(24)14-4-6-15(7-5-14)20-12-18(23)22-16-8-10-17(25-3)11-9-16/h4-11,13,20H,12H2,1-3H3,(H,21,24)(H,22,23). The molecule has 0 aliphatic carbocycles. The summed E-state index contributed by atoms with van der Waals surface area (Å²) in [6, 6.07) is 14.2. The van der Waals surface area contributed by atoms with Gasteiger partial charge in [-0.2, -0.15) is 0 Å². The van der Waals surface area contributed by atoms with Gasteiger partial charge in [-0.15, -0.1) is 0 Å². The van der Waals surface area contributed by atoms with Crippen molar-refractivity contribution in [3.8, 4) is 5.75 Å². The Balaban J connectivity index is 1.83. The second-order valence-electron chi connectivity index (χ2n) is 5.84. The van der Waals surface area contributed by atoms with Crippen molar-refractivity contribution in [1.82, 2.24) is 5.32 Å². The molecule has 0 aromatic heterocycles. The normalized spacial score (nSPS) is 10.2. The third-order valence-corrected chi connectivity index (χ3v) is 3.39. The minimum Gasteiger partial charge on any atom is -0.497 e. The maximum atomic E-state index is 12.0. The summed E-state index contributed by atoms with van der Waals surface area (Å²) in [7, 11) is 1.59. The lowest BCUT2D eigenvalue weighted by molar-refractivity contribution is -0.114. The Bertz CT molecular complexity index is 710. The third kappa shape index (κ3) is 5.84. The van der Waals surface area contributed by atoms with E-state index in [1.54, 1.807) is 55.6 Å². The fraction of sp³-hybridized carbons (Fsp3) is 0.263. The molecule has 0 unspecified atom stereocenters. The molecule has 2 aromatic rings. The van der Waals surface area contributed by atoms with Crippen LogP contribution in [0.15, 0.2) is 48.5 Å². The molecule has 2 amide bonds. The first-order chi connectivity index (χ1) is 12.0. The van der Waals surface area contributed by atoms with Crippen LogP contribution in [0.5, 0.6) is 5.75 Å². The van der Waals surface area contributed by atoms with Crippen molar-refractivity contribution in [1.29, 1.82) is 0 Å².